The highest BCUT2D eigenvalue weighted by atomic mass is 16.6. The number of benzene rings is 1. The second kappa shape index (κ2) is 6.77. The third-order valence-corrected chi connectivity index (χ3v) is 5.17. The molecule has 8 nitrogen and oxygen atoms in total. The Bertz CT molecular complexity index is 829. The lowest BCUT2D eigenvalue weighted by molar-refractivity contribution is -0.156. The highest BCUT2D eigenvalue weighted by Crippen LogP contribution is 2.50. The Kier molecular flexibility index (Phi) is 4.12. The summed E-state index contributed by atoms with van der Waals surface area (Å²) < 4.78 is 23.9. The number of esters is 2. The topological polar surface area (TPSA) is 99.2 Å². The molecule has 1 aromatic rings. The van der Waals surface area contributed by atoms with Gasteiger partial charge in [0.05, 0.1) is 43.6 Å². The quantitative estimate of drug-likeness (QED) is 0.556. The number of hydrogen-bond acceptors (Lipinski definition) is 7. The Morgan fingerprint density at radius 1 is 1.15 bits per heavy atom. The molecule has 3 fully saturated rings. The summed E-state index contributed by atoms with van der Waals surface area (Å²) in [5.41, 5.74) is 0.472. The molecule has 0 saturated carbocycles. The van der Waals surface area contributed by atoms with E-state index in [1.165, 1.54) is 7.11 Å². The van der Waals surface area contributed by atoms with Gasteiger partial charge < -0.3 is 14.2 Å². The maximum Gasteiger partial charge on any atom is 0.306 e. The fraction of sp³-hybridized carbons (Fsp3) is 0.474. The maximum absolute atomic E-state index is 12.9. The molecule has 0 radical (unpaired) electrons. The highest BCUT2D eigenvalue weighted by Gasteiger charge is 2.66. The van der Waals surface area contributed by atoms with Crippen LogP contribution in [-0.4, -0.2) is 49.2 Å². The average Bonchev–Trinajstić information content (AvgIpc) is 3.31. The summed E-state index contributed by atoms with van der Waals surface area (Å²) in [5.74, 6) is -3.53. The number of nitrogens with zero attached hydrogens (tertiary/aromatic N) is 1. The number of imide groups is 1. The fourth-order valence-corrected chi connectivity index (χ4v) is 3.95. The number of fused-ring (bicyclic) bond motifs is 5. The molecule has 27 heavy (non-hydrogen) atoms. The van der Waals surface area contributed by atoms with Gasteiger partial charge in [-0.2, -0.15) is 0 Å². The van der Waals surface area contributed by atoms with E-state index in [0.717, 1.165) is 4.90 Å². The van der Waals surface area contributed by atoms with Crippen LogP contribution >= 0.6 is 0 Å². The van der Waals surface area contributed by atoms with Crippen molar-refractivity contribution in [2.75, 3.05) is 12.0 Å². The highest BCUT2D eigenvalue weighted by molar-refractivity contribution is 6.22. The van der Waals surface area contributed by atoms with E-state index in [-0.39, 0.29) is 18.7 Å². The molecular weight excluding hydrogens is 354 g/mol. The average molecular weight is 374 g/mol. The fourth-order valence-electron chi connectivity index (χ4n) is 3.95. The van der Waals surface area contributed by atoms with Crippen molar-refractivity contribution in [1.29, 1.82) is 0 Å². The lowest BCUT2D eigenvalue weighted by atomic mass is 9.79. The van der Waals surface area contributed by atoms with Crippen molar-refractivity contribution < 1.29 is 34.8 Å². The lowest BCUT2D eigenvalue weighted by Gasteiger charge is -2.25. The number of methoxy groups -OCH3 is 1. The van der Waals surface area contributed by atoms with Gasteiger partial charge in [0, 0.05) is 7.77 Å². The monoisotopic (exact) mass is 374 g/mol. The number of hydrogen-bond donors (Lipinski definition) is 0. The van der Waals surface area contributed by atoms with E-state index in [2.05, 4.69) is 4.74 Å². The van der Waals surface area contributed by atoms with Crippen LogP contribution in [0.1, 0.15) is 20.6 Å². The molecule has 0 aromatic heterocycles. The van der Waals surface area contributed by atoms with E-state index >= 15 is 0 Å². The van der Waals surface area contributed by atoms with Gasteiger partial charge in [0.1, 0.15) is 12.2 Å². The summed E-state index contributed by atoms with van der Waals surface area (Å²) >= 11 is 0. The van der Waals surface area contributed by atoms with Crippen LogP contribution in [0.3, 0.4) is 0 Å². The van der Waals surface area contributed by atoms with Gasteiger partial charge in [0.25, 0.3) is 0 Å². The Morgan fingerprint density at radius 3 is 2.52 bits per heavy atom. The van der Waals surface area contributed by atoms with Crippen molar-refractivity contribution in [1.82, 2.24) is 0 Å². The largest absolute Gasteiger partial charge is 0.469 e. The summed E-state index contributed by atoms with van der Waals surface area (Å²) in [4.78, 5) is 50.1. The van der Waals surface area contributed by atoms with Crippen molar-refractivity contribution in [3.8, 4) is 0 Å². The van der Waals surface area contributed by atoms with Gasteiger partial charge in [0.15, 0.2) is 0 Å². The molecule has 4 unspecified atom stereocenters. The zero-order valence-corrected chi connectivity index (χ0v) is 14.6. The van der Waals surface area contributed by atoms with E-state index in [4.69, 9.17) is 10.8 Å². The van der Waals surface area contributed by atoms with Crippen LogP contribution in [0.25, 0.3) is 0 Å². The van der Waals surface area contributed by atoms with Gasteiger partial charge in [-0.25, -0.2) is 4.90 Å². The molecule has 0 N–H and O–H groups in total. The van der Waals surface area contributed by atoms with Gasteiger partial charge in [0.2, 0.25) is 11.8 Å². The Balaban J connectivity index is 1.50. The maximum atomic E-state index is 12.9. The standard InChI is InChI=1S/C19H19NO7/c1-25-13(21)7-8-14(22)26-12-9-11-15-16(17(12)27-11)19(24)20(18(15)23)10-5-3-2-4-6-10/h2-6,11-12,15-17H,7-9H2,1H3/t11-,12?,15?,16?,17?/m1/s1/i9D/t9-,11-,12?,15?,16?,17?. The lowest BCUT2D eigenvalue weighted by Crippen LogP contribution is -2.41. The van der Waals surface area contributed by atoms with E-state index in [1.54, 1.807) is 30.3 Å². The minimum atomic E-state index is -0.971. The van der Waals surface area contributed by atoms with Crippen molar-refractivity contribution in [2.45, 2.75) is 37.6 Å². The molecule has 1 aromatic carbocycles. The molecule has 3 saturated heterocycles. The molecule has 3 heterocycles. The minimum absolute atomic E-state index is 0.134. The van der Waals surface area contributed by atoms with Crippen LogP contribution in [0.4, 0.5) is 5.69 Å². The number of carbonyl (C=O) groups is 4. The van der Waals surface area contributed by atoms with Crippen molar-refractivity contribution in [3.05, 3.63) is 30.3 Å². The SMILES string of the molecule is [2H][C@H]1C(OC(=O)CCC(=O)OC)C2O[C@H]1C1C(=O)N(c3ccccc3)C(=O)C21. The molecule has 2 amide bonds. The number of amides is 2. The summed E-state index contributed by atoms with van der Waals surface area (Å²) in [6.07, 6.45) is -3.90. The van der Waals surface area contributed by atoms with E-state index in [0.29, 0.717) is 5.69 Å². The molecule has 4 rings (SSSR count). The first-order valence-corrected chi connectivity index (χ1v) is 8.71. The number of carbonyl (C=O) groups excluding carboxylic acids is 4. The molecule has 0 aliphatic carbocycles. The van der Waals surface area contributed by atoms with Gasteiger partial charge >= 0.3 is 11.9 Å². The Labute approximate surface area is 156 Å². The van der Waals surface area contributed by atoms with Gasteiger partial charge in [-0.3, -0.25) is 19.2 Å². The van der Waals surface area contributed by atoms with Crippen LogP contribution in [-0.2, 0) is 33.4 Å². The van der Waals surface area contributed by atoms with Crippen LogP contribution in [0.2, 0.25) is 0 Å². The van der Waals surface area contributed by atoms with E-state index in [1.807, 2.05) is 0 Å². The van der Waals surface area contributed by atoms with Crippen molar-refractivity contribution in [2.24, 2.45) is 11.8 Å². The van der Waals surface area contributed by atoms with E-state index < -0.39 is 54.4 Å². The predicted octanol–water partition coefficient (Wildman–Crippen LogP) is 0.828. The summed E-state index contributed by atoms with van der Waals surface area (Å²) in [6.45, 7) is 0. The first kappa shape index (κ1) is 16.4. The van der Waals surface area contributed by atoms with Gasteiger partial charge in [-0.1, -0.05) is 18.2 Å². The molecule has 8 heteroatoms. The summed E-state index contributed by atoms with van der Waals surface area (Å²) in [7, 11) is 1.22. The summed E-state index contributed by atoms with van der Waals surface area (Å²) in [5, 5.41) is 0. The molecule has 6 atom stereocenters. The zero-order valence-electron chi connectivity index (χ0n) is 15.6. The molecular formula is C19H19NO7. The zero-order chi connectivity index (χ0) is 20.0. The van der Waals surface area contributed by atoms with E-state index in [9.17, 15) is 19.2 Å². The van der Waals surface area contributed by atoms with Gasteiger partial charge in [-0.05, 0) is 12.1 Å². The van der Waals surface area contributed by atoms with Crippen LogP contribution in [0.5, 0.6) is 0 Å². The van der Waals surface area contributed by atoms with Crippen molar-refractivity contribution in [3.63, 3.8) is 0 Å². The Hall–Kier alpha value is -2.74. The smallest absolute Gasteiger partial charge is 0.306 e. The number of para-hydroxylation sites is 1. The van der Waals surface area contributed by atoms with Crippen molar-refractivity contribution >= 4 is 29.4 Å². The third kappa shape index (κ3) is 2.90. The Morgan fingerprint density at radius 2 is 1.81 bits per heavy atom. The second-order valence-corrected chi connectivity index (χ2v) is 6.69. The van der Waals surface area contributed by atoms with Crippen LogP contribution < -0.4 is 4.90 Å². The molecule has 3 aliphatic heterocycles. The first-order valence-electron chi connectivity index (χ1n) is 9.28. The van der Waals surface area contributed by atoms with Crippen LogP contribution in [0, 0.1) is 11.8 Å². The predicted molar refractivity (Wildman–Crippen MR) is 90.3 cm³/mol. The van der Waals surface area contributed by atoms with Gasteiger partial charge in [-0.15, -0.1) is 0 Å². The number of rotatable bonds is 5. The second-order valence-electron chi connectivity index (χ2n) is 6.69. The minimum Gasteiger partial charge on any atom is -0.469 e. The number of ether oxygens (including phenoxy) is 3. The molecule has 0 spiro atoms. The molecule has 3 aliphatic rings. The first-order chi connectivity index (χ1) is 13.4. The number of anilines is 1. The van der Waals surface area contributed by atoms with Crippen LogP contribution in [0.15, 0.2) is 30.3 Å². The molecule has 2 bridgehead atoms. The normalized spacial score (nSPS) is 34.4. The summed E-state index contributed by atoms with van der Waals surface area (Å²) in [6, 6.07) is 8.58. The third-order valence-electron chi connectivity index (χ3n) is 5.17. The molecule has 142 valence electrons.